The lowest BCUT2D eigenvalue weighted by Crippen LogP contribution is -2.35. The van der Waals surface area contributed by atoms with E-state index in [9.17, 15) is 19.7 Å². The highest BCUT2D eigenvalue weighted by Crippen LogP contribution is 2.39. The number of benzene rings is 3. The van der Waals surface area contributed by atoms with Gasteiger partial charge in [-0.3, -0.25) is 19.7 Å². The van der Waals surface area contributed by atoms with Gasteiger partial charge in [-0.1, -0.05) is 30.3 Å². The molecule has 0 radical (unpaired) electrons. The van der Waals surface area contributed by atoms with Crippen molar-refractivity contribution >= 4 is 34.4 Å². The lowest BCUT2D eigenvalue weighted by Gasteiger charge is -2.25. The second kappa shape index (κ2) is 8.96. The van der Waals surface area contributed by atoms with Crippen LogP contribution >= 0.6 is 0 Å². The molecule has 4 rings (SSSR count). The number of ether oxygens (including phenoxy) is 1. The van der Waals surface area contributed by atoms with E-state index in [1.54, 1.807) is 29.2 Å². The van der Waals surface area contributed by atoms with Crippen LogP contribution in [0.1, 0.15) is 12.5 Å². The molecule has 166 valence electrons. The van der Waals surface area contributed by atoms with Gasteiger partial charge in [0.15, 0.2) is 0 Å². The number of para-hydroxylation sites is 3. The first-order valence-corrected chi connectivity index (χ1v) is 10.3. The van der Waals surface area contributed by atoms with Crippen LogP contribution in [0.3, 0.4) is 0 Å². The van der Waals surface area contributed by atoms with E-state index in [0.717, 1.165) is 10.6 Å². The average molecular weight is 443 g/mol. The van der Waals surface area contributed by atoms with Crippen molar-refractivity contribution in [2.24, 2.45) is 0 Å². The zero-order chi connectivity index (χ0) is 23.5. The number of non-ortho nitro benzene ring substituents is 1. The number of anilines is 2. The predicted octanol–water partition coefficient (Wildman–Crippen LogP) is 4.41. The van der Waals surface area contributed by atoms with Gasteiger partial charge in [-0.2, -0.15) is 0 Å². The third-order valence-corrected chi connectivity index (χ3v) is 5.41. The third-order valence-electron chi connectivity index (χ3n) is 5.41. The van der Waals surface area contributed by atoms with E-state index in [0.29, 0.717) is 23.5 Å². The molecule has 0 saturated heterocycles. The van der Waals surface area contributed by atoms with Gasteiger partial charge in [0.05, 0.1) is 23.3 Å². The molecule has 1 heterocycles. The fourth-order valence-electron chi connectivity index (χ4n) is 3.89. The summed E-state index contributed by atoms with van der Waals surface area (Å²) in [5.41, 5.74) is 1.77. The number of hydrogen-bond donors (Lipinski definition) is 0. The maximum atomic E-state index is 13.8. The van der Waals surface area contributed by atoms with Crippen molar-refractivity contribution in [3.8, 4) is 5.75 Å². The van der Waals surface area contributed by atoms with E-state index in [1.165, 1.54) is 31.4 Å². The van der Waals surface area contributed by atoms with E-state index in [4.69, 9.17) is 4.74 Å². The largest absolute Gasteiger partial charge is 0.495 e. The van der Waals surface area contributed by atoms with Gasteiger partial charge < -0.3 is 9.64 Å². The molecule has 0 N–H and O–H groups in total. The summed E-state index contributed by atoms with van der Waals surface area (Å²) in [6, 6.07) is 21.7. The van der Waals surface area contributed by atoms with Crippen molar-refractivity contribution in [1.29, 1.82) is 0 Å². The molecule has 0 aliphatic carbocycles. The molecule has 0 aromatic heterocycles. The quantitative estimate of drug-likeness (QED) is 0.305. The van der Waals surface area contributed by atoms with Gasteiger partial charge in [0.1, 0.15) is 11.4 Å². The molecular formula is C25H21N3O5. The Morgan fingerprint density at radius 3 is 2.15 bits per heavy atom. The Balaban J connectivity index is 1.92. The van der Waals surface area contributed by atoms with Gasteiger partial charge in [0.2, 0.25) is 0 Å². The van der Waals surface area contributed by atoms with Crippen LogP contribution in [0.4, 0.5) is 17.1 Å². The monoisotopic (exact) mass is 443 g/mol. The topological polar surface area (TPSA) is 93.0 Å². The van der Waals surface area contributed by atoms with Crippen molar-refractivity contribution in [2.75, 3.05) is 23.5 Å². The molecule has 8 heteroatoms. The highest BCUT2D eigenvalue weighted by Gasteiger charge is 2.43. The fourth-order valence-corrected chi connectivity index (χ4v) is 3.89. The van der Waals surface area contributed by atoms with Gasteiger partial charge in [0.25, 0.3) is 17.5 Å². The van der Waals surface area contributed by atoms with Gasteiger partial charge in [0, 0.05) is 24.4 Å². The molecule has 3 aromatic carbocycles. The minimum Gasteiger partial charge on any atom is -0.495 e. The van der Waals surface area contributed by atoms with Crippen molar-refractivity contribution in [3.05, 3.63) is 100 Å². The molecule has 2 amide bonds. The molecule has 33 heavy (non-hydrogen) atoms. The summed E-state index contributed by atoms with van der Waals surface area (Å²) in [7, 11) is 1.47. The Bertz CT molecular complexity index is 1250. The summed E-state index contributed by atoms with van der Waals surface area (Å²) < 4.78 is 5.39. The lowest BCUT2D eigenvalue weighted by atomic mass is 10.0. The summed E-state index contributed by atoms with van der Waals surface area (Å²) in [6.07, 6.45) is 0. The van der Waals surface area contributed by atoms with E-state index >= 15 is 0 Å². The molecule has 0 unspecified atom stereocenters. The molecule has 1 aliphatic heterocycles. The Morgan fingerprint density at radius 1 is 0.909 bits per heavy atom. The number of nitrogens with zero attached hydrogens (tertiary/aromatic N) is 3. The second-order valence-corrected chi connectivity index (χ2v) is 7.22. The molecule has 0 bridgehead atoms. The van der Waals surface area contributed by atoms with E-state index < -0.39 is 16.7 Å². The van der Waals surface area contributed by atoms with Crippen molar-refractivity contribution in [1.82, 2.24) is 0 Å². The fraction of sp³-hybridized carbons (Fsp3) is 0.120. The van der Waals surface area contributed by atoms with Crippen molar-refractivity contribution in [3.63, 3.8) is 0 Å². The molecule has 0 fully saturated rings. The van der Waals surface area contributed by atoms with Gasteiger partial charge in [-0.05, 0) is 48.9 Å². The number of methoxy groups -OCH3 is 1. The lowest BCUT2D eigenvalue weighted by molar-refractivity contribution is -0.384. The van der Waals surface area contributed by atoms with Crippen LogP contribution in [-0.2, 0) is 9.59 Å². The summed E-state index contributed by atoms with van der Waals surface area (Å²) in [4.78, 5) is 40.9. The van der Waals surface area contributed by atoms with Crippen LogP contribution in [0, 0.1) is 10.1 Å². The zero-order valence-electron chi connectivity index (χ0n) is 18.1. The van der Waals surface area contributed by atoms with E-state index in [1.807, 2.05) is 37.3 Å². The van der Waals surface area contributed by atoms with Crippen molar-refractivity contribution in [2.45, 2.75) is 6.92 Å². The number of imide groups is 1. The second-order valence-electron chi connectivity index (χ2n) is 7.22. The molecular weight excluding hydrogens is 422 g/mol. The normalized spacial score (nSPS) is 13.5. The number of hydrogen-bond acceptors (Lipinski definition) is 6. The average Bonchev–Trinajstić information content (AvgIpc) is 3.10. The Hall–Kier alpha value is -4.46. The number of nitro benzene ring substituents is 1. The Labute approximate surface area is 190 Å². The number of nitro groups is 1. The smallest absolute Gasteiger partial charge is 0.282 e. The van der Waals surface area contributed by atoms with Crippen LogP contribution in [-0.4, -0.2) is 30.4 Å². The number of likely N-dealkylation sites (N-methyl/N-ethyl adjacent to an activating group) is 1. The summed E-state index contributed by atoms with van der Waals surface area (Å²) in [5, 5.41) is 11.1. The zero-order valence-corrected chi connectivity index (χ0v) is 18.1. The summed E-state index contributed by atoms with van der Waals surface area (Å²) >= 11 is 0. The van der Waals surface area contributed by atoms with Gasteiger partial charge in [-0.15, -0.1) is 0 Å². The van der Waals surface area contributed by atoms with Gasteiger partial charge >= 0.3 is 0 Å². The molecule has 0 saturated carbocycles. The number of amides is 2. The first-order chi connectivity index (χ1) is 16.0. The maximum absolute atomic E-state index is 13.8. The first kappa shape index (κ1) is 21.8. The van der Waals surface area contributed by atoms with Crippen LogP contribution < -0.4 is 14.5 Å². The molecule has 8 nitrogen and oxygen atoms in total. The Morgan fingerprint density at radius 2 is 1.55 bits per heavy atom. The first-order valence-electron chi connectivity index (χ1n) is 10.3. The SMILES string of the molecule is CCN(C1=C(c2ccc([N+](=O)[O-])cc2)C(=O)N(c2ccccc2OC)C1=O)c1ccccc1. The standard InChI is InChI=1S/C25H21N3O5/c1-3-26(18-9-5-4-6-10-18)23-22(17-13-15-19(16-14-17)28(31)32)24(29)27(25(23)30)20-11-7-8-12-21(20)33-2/h4-16H,3H2,1-2H3. The third kappa shape index (κ3) is 3.82. The maximum Gasteiger partial charge on any atom is 0.282 e. The van der Waals surface area contributed by atoms with E-state index in [-0.39, 0.29) is 17.0 Å². The van der Waals surface area contributed by atoms with Crippen LogP contribution in [0.2, 0.25) is 0 Å². The van der Waals surface area contributed by atoms with Crippen molar-refractivity contribution < 1.29 is 19.2 Å². The van der Waals surface area contributed by atoms with E-state index in [2.05, 4.69) is 0 Å². The molecule has 1 aliphatic rings. The minimum absolute atomic E-state index is 0.102. The number of carbonyl (C=O) groups excluding carboxylic acids is 2. The molecule has 3 aromatic rings. The predicted molar refractivity (Wildman–Crippen MR) is 125 cm³/mol. The number of rotatable bonds is 7. The molecule has 0 atom stereocenters. The minimum atomic E-state index is -0.525. The van der Waals surface area contributed by atoms with Gasteiger partial charge in [-0.25, -0.2) is 4.90 Å². The Kier molecular flexibility index (Phi) is 5.91. The highest BCUT2D eigenvalue weighted by molar-refractivity contribution is 6.46. The molecule has 0 spiro atoms. The van der Waals surface area contributed by atoms with Crippen LogP contribution in [0.5, 0.6) is 5.75 Å². The highest BCUT2D eigenvalue weighted by atomic mass is 16.6. The summed E-state index contributed by atoms with van der Waals surface area (Å²) in [6.45, 7) is 2.31. The number of carbonyl (C=O) groups is 2. The summed E-state index contributed by atoms with van der Waals surface area (Å²) in [5.74, 6) is -0.641. The van der Waals surface area contributed by atoms with Crippen LogP contribution in [0.25, 0.3) is 5.57 Å². The van der Waals surface area contributed by atoms with Crippen LogP contribution in [0.15, 0.2) is 84.6 Å².